The van der Waals surface area contributed by atoms with Crippen LogP contribution in [0.3, 0.4) is 0 Å². The van der Waals surface area contributed by atoms with E-state index >= 15 is 0 Å². The Labute approximate surface area is 115 Å². The number of aromatic nitrogens is 2. The Morgan fingerprint density at radius 3 is 2.84 bits per heavy atom. The van der Waals surface area contributed by atoms with E-state index in [0.717, 1.165) is 23.4 Å². The zero-order valence-corrected chi connectivity index (χ0v) is 11.8. The van der Waals surface area contributed by atoms with Crippen molar-refractivity contribution in [3.8, 4) is 0 Å². The third-order valence-electron chi connectivity index (χ3n) is 3.87. The number of aryl methyl sites for hydroxylation is 1. The van der Waals surface area contributed by atoms with Gasteiger partial charge in [-0.3, -0.25) is 0 Å². The molecule has 0 aliphatic heterocycles. The number of rotatable bonds is 4. The monoisotopic (exact) mass is 276 g/mol. The van der Waals surface area contributed by atoms with Crippen molar-refractivity contribution in [3.63, 3.8) is 0 Å². The first-order valence-corrected chi connectivity index (χ1v) is 7.52. The minimum Gasteiger partial charge on any atom is -0.478 e. The molecule has 1 heterocycles. The molecule has 19 heavy (non-hydrogen) atoms. The van der Waals surface area contributed by atoms with Gasteiger partial charge in [0.1, 0.15) is 5.82 Å². The SMILES string of the molecule is CSC1(Cn2c(C)nc3cc(C(=O)O)ccc32)CC1. The van der Waals surface area contributed by atoms with Gasteiger partial charge in [0.05, 0.1) is 16.6 Å². The minimum absolute atomic E-state index is 0.295. The fraction of sp³-hybridized carbons (Fsp3) is 0.429. The van der Waals surface area contributed by atoms with Gasteiger partial charge in [0.2, 0.25) is 0 Å². The number of thioether (sulfide) groups is 1. The predicted molar refractivity (Wildman–Crippen MR) is 76.9 cm³/mol. The number of hydrogen-bond donors (Lipinski definition) is 1. The number of fused-ring (bicyclic) bond motifs is 1. The molecule has 1 fully saturated rings. The first-order valence-electron chi connectivity index (χ1n) is 6.30. The smallest absolute Gasteiger partial charge is 0.335 e. The topological polar surface area (TPSA) is 55.1 Å². The molecule has 0 saturated heterocycles. The van der Waals surface area contributed by atoms with Gasteiger partial charge in [-0.2, -0.15) is 11.8 Å². The van der Waals surface area contributed by atoms with E-state index in [-0.39, 0.29) is 0 Å². The molecule has 1 aliphatic rings. The predicted octanol–water partition coefficient (Wildman–Crippen LogP) is 2.94. The largest absolute Gasteiger partial charge is 0.478 e. The maximum atomic E-state index is 11.0. The summed E-state index contributed by atoms with van der Waals surface area (Å²) < 4.78 is 2.58. The molecule has 0 atom stereocenters. The van der Waals surface area contributed by atoms with Crippen LogP contribution in [0.4, 0.5) is 0 Å². The van der Waals surface area contributed by atoms with E-state index in [9.17, 15) is 4.79 Å². The van der Waals surface area contributed by atoms with Crippen molar-refractivity contribution in [1.29, 1.82) is 0 Å². The second kappa shape index (κ2) is 4.27. The molecule has 0 unspecified atom stereocenters. The zero-order valence-electron chi connectivity index (χ0n) is 11.0. The van der Waals surface area contributed by atoms with E-state index in [4.69, 9.17) is 5.11 Å². The molecule has 3 rings (SSSR count). The molecule has 1 aliphatic carbocycles. The highest BCUT2D eigenvalue weighted by Gasteiger charge is 2.42. The van der Waals surface area contributed by atoms with Crippen molar-refractivity contribution in [2.75, 3.05) is 6.26 Å². The minimum atomic E-state index is -0.906. The molecule has 0 amide bonds. The maximum Gasteiger partial charge on any atom is 0.335 e. The van der Waals surface area contributed by atoms with E-state index in [1.54, 1.807) is 12.1 Å². The molecule has 1 aromatic carbocycles. The third kappa shape index (κ3) is 2.12. The van der Waals surface area contributed by atoms with Crippen molar-refractivity contribution < 1.29 is 9.90 Å². The van der Waals surface area contributed by atoms with Gasteiger partial charge in [-0.05, 0) is 44.2 Å². The lowest BCUT2D eigenvalue weighted by Crippen LogP contribution is -2.14. The van der Waals surface area contributed by atoms with E-state index in [0.29, 0.717) is 10.3 Å². The Hall–Kier alpha value is -1.49. The lowest BCUT2D eigenvalue weighted by atomic mass is 10.2. The highest BCUT2D eigenvalue weighted by atomic mass is 32.2. The lowest BCUT2D eigenvalue weighted by Gasteiger charge is -2.15. The van der Waals surface area contributed by atoms with Crippen molar-refractivity contribution >= 4 is 28.8 Å². The summed E-state index contributed by atoms with van der Waals surface area (Å²) in [5.41, 5.74) is 2.10. The molecular weight excluding hydrogens is 260 g/mol. The molecular formula is C14H16N2O2S. The number of carbonyl (C=O) groups is 1. The number of imidazole rings is 1. The van der Waals surface area contributed by atoms with Gasteiger partial charge in [-0.25, -0.2) is 9.78 Å². The van der Waals surface area contributed by atoms with Crippen LogP contribution in [0.5, 0.6) is 0 Å². The fourth-order valence-electron chi connectivity index (χ4n) is 2.44. The van der Waals surface area contributed by atoms with Gasteiger partial charge in [0, 0.05) is 11.3 Å². The lowest BCUT2D eigenvalue weighted by molar-refractivity contribution is 0.0697. The van der Waals surface area contributed by atoms with Crippen LogP contribution in [-0.2, 0) is 6.54 Å². The molecule has 100 valence electrons. The Morgan fingerprint density at radius 1 is 1.53 bits per heavy atom. The van der Waals surface area contributed by atoms with Crippen LogP contribution in [0.15, 0.2) is 18.2 Å². The Bertz CT molecular complexity index is 659. The normalized spacial score (nSPS) is 16.7. The van der Waals surface area contributed by atoms with Gasteiger partial charge >= 0.3 is 5.97 Å². The van der Waals surface area contributed by atoms with Gasteiger partial charge < -0.3 is 9.67 Å². The summed E-state index contributed by atoms with van der Waals surface area (Å²) in [6.07, 6.45) is 4.66. The Balaban J connectivity index is 2.05. The van der Waals surface area contributed by atoms with Crippen LogP contribution in [0.1, 0.15) is 29.0 Å². The van der Waals surface area contributed by atoms with Crippen LogP contribution < -0.4 is 0 Å². The molecule has 0 radical (unpaired) electrons. The molecule has 1 aromatic heterocycles. The molecule has 4 nitrogen and oxygen atoms in total. The third-order valence-corrected chi connectivity index (χ3v) is 5.28. The van der Waals surface area contributed by atoms with Crippen molar-refractivity contribution in [2.45, 2.75) is 31.1 Å². The number of aromatic carboxylic acids is 1. The van der Waals surface area contributed by atoms with Crippen LogP contribution in [0, 0.1) is 6.92 Å². The van der Waals surface area contributed by atoms with E-state index in [1.165, 1.54) is 12.8 Å². The van der Waals surface area contributed by atoms with Crippen molar-refractivity contribution in [2.24, 2.45) is 0 Å². The summed E-state index contributed by atoms with van der Waals surface area (Å²) in [5, 5.41) is 9.02. The quantitative estimate of drug-likeness (QED) is 0.933. The number of carboxylic acids is 1. The highest BCUT2D eigenvalue weighted by molar-refractivity contribution is 8.00. The second-order valence-corrected chi connectivity index (χ2v) is 6.42. The summed E-state index contributed by atoms with van der Waals surface area (Å²) >= 11 is 1.92. The van der Waals surface area contributed by atoms with E-state index < -0.39 is 5.97 Å². The van der Waals surface area contributed by atoms with Crippen molar-refractivity contribution in [3.05, 3.63) is 29.6 Å². The standard InChI is InChI=1S/C14H16N2O2S/c1-9-15-11-7-10(13(17)18)3-4-12(11)16(9)8-14(19-2)5-6-14/h3-4,7H,5-6,8H2,1-2H3,(H,17,18). The van der Waals surface area contributed by atoms with Crippen molar-refractivity contribution in [1.82, 2.24) is 9.55 Å². The second-order valence-electron chi connectivity index (χ2n) is 5.14. The first kappa shape index (κ1) is 12.5. The highest BCUT2D eigenvalue weighted by Crippen LogP contribution is 2.48. The summed E-state index contributed by atoms with van der Waals surface area (Å²) in [5.74, 6) is 0.0507. The number of hydrogen-bond acceptors (Lipinski definition) is 3. The molecule has 1 N–H and O–H groups in total. The van der Waals surface area contributed by atoms with Gasteiger partial charge in [0.25, 0.3) is 0 Å². The van der Waals surface area contributed by atoms with E-state index in [2.05, 4.69) is 15.8 Å². The number of carboxylic acid groups (broad SMARTS) is 1. The summed E-state index contributed by atoms with van der Waals surface area (Å²) in [4.78, 5) is 15.5. The average Bonchev–Trinajstić information content (AvgIpc) is 3.10. The van der Waals surface area contributed by atoms with Gasteiger partial charge in [-0.15, -0.1) is 0 Å². The fourth-order valence-corrected chi connectivity index (χ4v) is 3.21. The van der Waals surface area contributed by atoms with Crippen LogP contribution in [0.2, 0.25) is 0 Å². The van der Waals surface area contributed by atoms with Crippen LogP contribution >= 0.6 is 11.8 Å². The molecule has 5 heteroatoms. The van der Waals surface area contributed by atoms with Gasteiger partial charge in [0.15, 0.2) is 0 Å². The molecule has 1 saturated carbocycles. The summed E-state index contributed by atoms with van der Waals surface area (Å²) in [6.45, 7) is 2.94. The van der Waals surface area contributed by atoms with Crippen LogP contribution in [0.25, 0.3) is 11.0 Å². The number of nitrogens with zero attached hydrogens (tertiary/aromatic N) is 2. The summed E-state index contributed by atoms with van der Waals surface area (Å²) in [6, 6.07) is 5.18. The van der Waals surface area contributed by atoms with E-state index in [1.807, 2.05) is 24.8 Å². The molecule has 0 bridgehead atoms. The Kier molecular flexibility index (Phi) is 2.82. The Morgan fingerprint density at radius 2 is 2.26 bits per heavy atom. The van der Waals surface area contributed by atoms with Crippen LogP contribution in [-0.4, -0.2) is 31.6 Å². The maximum absolute atomic E-state index is 11.0. The molecule has 2 aromatic rings. The van der Waals surface area contributed by atoms with Gasteiger partial charge in [-0.1, -0.05) is 0 Å². The zero-order chi connectivity index (χ0) is 13.6. The number of benzene rings is 1. The molecule has 0 spiro atoms. The average molecular weight is 276 g/mol. The first-order chi connectivity index (χ1) is 9.04. The summed E-state index contributed by atoms with van der Waals surface area (Å²) in [7, 11) is 0.